The van der Waals surface area contributed by atoms with Gasteiger partial charge in [0.25, 0.3) is 0 Å². The Labute approximate surface area is 241 Å². The summed E-state index contributed by atoms with van der Waals surface area (Å²) in [6.07, 6.45) is -5.27. The van der Waals surface area contributed by atoms with Crippen molar-refractivity contribution in [1.82, 2.24) is 0 Å². The first-order valence-electron chi connectivity index (χ1n) is 13.1. The van der Waals surface area contributed by atoms with Crippen LogP contribution in [0.4, 0.5) is 11.4 Å². The first kappa shape index (κ1) is 31.3. The largest absolute Gasteiger partial charge is 0.394 e. The molecule has 2 heterocycles. The molecule has 0 spiro atoms. The van der Waals surface area contributed by atoms with Crippen molar-refractivity contribution in [1.29, 1.82) is 0 Å². The van der Waals surface area contributed by atoms with Crippen LogP contribution in [-0.4, -0.2) is 115 Å². The molecule has 2 aromatic carbocycles. The average Bonchev–Trinajstić information content (AvgIpc) is 2.94. The highest BCUT2D eigenvalue weighted by Gasteiger charge is 2.62. The number of Topliss-reactive ketones (excluding diaryl/α,β-unsaturated/α-hetero) is 2. The van der Waals surface area contributed by atoms with Gasteiger partial charge in [0.2, 0.25) is 0 Å². The molecule has 0 radical (unpaired) electrons. The molecule has 8 N–H and O–H groups in total. The average molecular weight is 593 g/mol. The van der Waals surface area contributed by atoms with Gasteiger partial charge in [0, 0.05) is 22.5 Å². The quantitative estimate of drug-likeness (QED) is 0.135. The number of carbonyl (C=O) groups is 2. The molecule has 4 rings (SSSR count). The number of aliphatic hydroxyl groups excluding tert-OH is 4. The number of nitrogens with one attached hydrogen (secondary N) is 2. The molecule has 224 valence electrons. The van der Waals surface area contributed by atoms with E-state index in [0.29, 0.717) is 34.3 Å². The second kappa shape index (κ2) is 12.7. The summed E-state index contributed by atoms with van der Waals surface area (Å²) in [5, 5.41) is 72.5. The molecule has 2 fully saturated rings. The molecule has 13 heteroatoms. The van der Waals surface area contributed by atoms with Crippen molar-refractivity contribution >= 4 is 34.7 Å². The number of hydrogen-bond donors (Lipinski definition) is 8. The minimum Gasteiger partial charge on any atom is -0.394 e. The van der Waals surface area contributed by atoms with E-state index in [9.17, 15) is 40.2 Å². The number of aliphatic hydroxyl groups is 6. The predicted octanol–water partition coefficient (Wildman–Crippen LogP) is -0.0326. The van der Waals surface area contributed by atoms with Gasteiger partial charge in [-0.1, -0.05) is 11.8 Å². The zero-order valence-electron chi connectivity index (χ0n) is 22.6. The van der Waals surface area contributed by atoms with Crippen LogP contribution in [0.3, 0.4) is 0 Å². The summed E-state index contributed by atoms with van der Waals surface area (Å²) in [7, 11) is 0. The monoisotopic (exact) mass is 592 g/mol. The van der Waals surface area contributed by atoms with E-state index in [1.807, 2.05) is 0 Å². The number of hydrogen-bond acceptors (Lipinski definition) is 13. The number of benzene rings is 2. The number of rotatable bonds is 10. The van der Waals surface area contributed by atoms with Gasteiger partial charge in [-0.15, -0.1) is 0 Å². The van der Waals surface area contributed by atoms with Gasteiger partial charge in [0.05, 0.1) is 38.5 Å². The van der Waals surface area contributed by atoms with Crippen LogP contribution in [0.1, 0.15) is 34.6 Å². The number of ether oxygens (including phenoxy) is 2. The second-order valence-electron chi connectivity index (χ2n) is 10.3. The summed E-state index contributed by atoms with van der Waals surface area (Å²) in [4.78, 5) is 18.9. The van der Waals surface area contributed by atoms with Crippen molar-refractivity contribution < 1.29 is 49.7 Å². The Morgan fingerprint density at radius 2 is 1.10 bits per heavy atom. The standard InChI is InChI=1S/C28H36N2O10S/c1-15(33)17-3-7-19(8-4-17)29-25-21(35)13-39-23(11-31)27(25,37)41-28(38)24(12-32)40-14-22(36)26(28)30-20-9-5-18(6-10-20)16(2)34/h3-10,21-26,29-32,35-38H,11-14H2,1-2H3/t21-,22-,23+,24+,25-,26-,27-,28-/m0/s1. The molecule has 0 unspecified atom stereocenters. The third-order valence-electron chi connectivity index (χ3n) is 7.41. The van der Waals surface area contributed by atoms with Crippen molar-refractivity contribution in [2.24, 2.45) is 0 Å². The first-order valence-corrected chi connectivity index (χ1v) is 14.0. The van der Waals surface area contributed by atoms with Crippen molar-refractivity contribution in [3.8, 4) is 0 Å². The highest BCUT2D eigenvalue weighted by atomic mass is 32.2. The minimum atomic E-state index is -2.24. The van der Waals surface area contributed by atoms with Gasteiger partial charge in [-0.25, -0.2) is 0 Å². The number of ketones is 2. The van der Waals surface area contributed by atoms with Gasteiger partial charge in [0.1, 0.15) is 24.4 Å². The Hall–Kier alpha value is -2.59. The Morgan fingerprint density at radius 1 is 0.756 bits per heavy atom. The first-order chi connectivity index (χ1) is 19.4. The normalized spacial score (nSPS) is 33.7. The Morgan fingerprint density at radius 3 is 1.39 bits per heavy atom. The van der Waals surface area contributed by atoms with Crippen molar-refractivity contribution in [3.05, 3.63) is 59.7 Å². The van der Waals surface area contributed by atoms with E-state index in [1.54, 1.807) is 48.5 Å². The molecule has 0 amide bonds. The smallest absolute Gasteiger partial charge is 0.164 e. The lowest BCUT2D eigenvalue weighted by Crippen LogP contribution is -2.71. The molecule has 41 heavy (non-hydrogen) atoms. The fraction of sp³-hybridized carbons (Fsp3) is 0.500. The van der Waals surface area contributed by atoms with Crippen LogP contribution in [0.2, 0.25) is 0 Å². The highest BCUT2D eigenvalue weighted by molar-refractivity contribution is 8.01. The topological polar surface area (TPSA) is 198 Å². The molecule has 2 aliphatic heterocycles. The maximum absolute atomic E-state index is 12.1. The van der Waals surface area contributed by atoms with Crippen LogP contribution >= 0.6 is 11.8 Å². The van der Waals surface area contributed by atoms with Gasteiger partial charge in [-0.3, -0.25) is 9.59 Å². The third-order valence-corrected chi connectivity index (χ3v) is 9.09. The maximum Gasteiger partial charge on any atom is 0.164 e. The summed E-state index contributed by atoms with van der Waals surface area (Å²) in [5.41, 5.74) is 1.78. The Balaban J connectivity index is 1.70. The highest BCUT2D eigenvalue weighted by Crippen LogP contribution is 2.49. The fourth-order valence-corrected chi connectivity index (χ4v) is 6.82. The minimum absolute atomic E-state index is 0.141. The van der Waals surface area contributed by atoms with Gasteiger partial charge in [-0.2, -0.15) is 0 Å². The van der Waals surface area contributed by atoms with Crippen LogP contribution in [0.5, 0.6) is 0 Å². The van der Waals surface area contributed by atoms with E-state index in [1.165, 1.54) is 13.8 Å². The van der Waals surface area contributed by atoms with Gasteiger partial charge in [0.15, 0.2) is 21.4 Å². The van der Waals surface area contributed by atoms with E-state index >= 15 is 0 Å². The summed E-state index contributed by atoms with van der Waals surface area (Å²) in [6.45, 7) is 0.974. The van der Waals surface area contributed by atoms with Crippen LogP contribution in [-0.2, 0) is 9.47 Å². The number of anilines is 2. The van der Waals surface area contributed by atoms with E-state index < -0.39 is 59.6 Å². The van der Waals surface area contributed by atoms with Gasteiger partial charge < -0.3 is 50.7 Å². The Kier molecular flexibility index (Phi) is 9.74. The molecule has 2 saturated heterocycles. The molecule has 8 atom stereocenters. The van der Waals surface area contributed by atoms with E-state index in [0.717, 1.165) is 0 Å². The van der Waals surface area contributed by atoms with Crippen molar-refractivity contribution in [3.63, 3.8) is 0 Å². The number of carbonyl (C=O) groups excluding carboxylic acids is 2. The van der Waals surface area contributed by atoms with Crippen LogP contribution < -0.4 is 10.6 Å². The van der Waals surface area contributed by atoms with E-state index in [4.69, 9.17) is 9.47 Å². The second-order valence-corrected chi connectivity index (χ2v) is 11.8. The molecule has 0 bridgehead atoms. The number of thioether (sulfide) groups is 1. The third kappa shape index (κ3) is 6.43. The lowest BCUT2D eigenvalue weighted by atomic mass is 9.95. The van der Waals surface area contributed by atoms with Crippen LogP contribution in [0.15, 0.2) is 48.5 Å². The van der Waals surface area contributed by atoms with E-state index in [2.05, 4.69) is 10.6 Å². The molecular formula is C28H36N2O10S. The molecule has 2 aromatic rings. The lowest BCUT2D eigenvalue weighted by Gasteiger charge is -2.54. The molecule has 12 nitrogen and oxygen atoms in total. The SMILES string of the molecule is CC(=O)c1ccc(N[C@H]2[C@@H](O)CO[C@H](CO)[C@]2(O)S[C@@]2(O)[C@@H](CO)OC[C@H](O)[C@@H]2Nc2ccc(C(C)=O)cc2)cc1. The lowest BCUT2D eigenvalue weighted by molar-refractivity contribution is -0.174. The summed E-state index contributed by atoms with van der Waals surface area (Å²) >= 11 is 0.478. The molecule has 2 aliphatic rings. The summed E-state index contributed by atoms with van der Waals surface area (Å²) < 4.78 is 11.1. The molecule has 0 aliphatic carbocycles. The molecule has 0 saturated carbocycles. The molecule has 0 aromatic heterocycles. The summed E-state index contributed by atoms with van der Waals surface area (Å²) in [5.74, 6) is -0.282. The molecular weight excluding hydrogens is 556 g/mol. The van der Waals surface area contributed by atoms with Crippen molar-refractivity contribution in [2.75, 3.05) is 37.1 Å². The summed E-state index contributed by atoms with van der Waals surface area (Å²) in [6, 6.07) is 10.2. The van der Waals surface area contributed by atoms with Gasteiger partial charge >= 0.3 is 0 Å². The fourth-order valence-electron chi connectivity index (χ4n) is 5.06. The van der Waals surface area contributed by atoms with Gasteiger partial charge in [-0.05, 0) is 62.4 Å². The zero-order valence-corrected chi connectivity index (χ0v) is 23.5. The zero-order chi connectivity index (χ0) is 29.9. The predicted molar refractivity (Wildman–Crippen MR) is 151 cm³/mol. The van der Waals surface area contributed by atoms with Crippen LogP contribution in [0, 0.1) is 0 Å². The maximum atomic E-state index is 12.1. The Bertz CT molecular complexity index is 1120. The van der Waals surface area contributed by atoms with Crippen molar-refractivity contribution in [2.45, 2.75) is 60.2 Å². The van der Waals surface area contributed by atoms with Crippen LogP contribution in [0.25, 0.3) is 0 Å². The van der Waals surface area contributed by atoms with E-state index in [-0.39, 0.29) is 24.8 Å².